The molecule has 0 bridgehead atoms. The zero-order chi connectivity index (χ0) is 18.6. The van der Waals surface area contributed by atoms with E-state index in [4.69, 9.17) is 11.6 Å². The number of likely N-dealkylation sites (N-methyl/N-ethyl adjacent to an activating group) is 1. The molecule has 1 amide bonds. The van der Waals surface area contributed by atoms with Crippen molar-refractivity contribution in [2.75, 3.05) is 33.0 Å². The average Bonchev–Trinajstić information content (AvgIpc) is 3.01. The number of hydrogen-bond acceptors (Lipinski definition) is 4. The molecule has 2 N–H and O–H groups in total. The summed E-state index contributed by atoms with van der Waals surface area (Å²) in [6, 6.07) is 8.27. The number of thiophene rings is 1. The number of anilines is 1. The van der Waals surface area contributed by atoms with Gasteiger partial charge in [0, 0.05) is 14.1 Å². The van der Waals surface area contributed by atoms with Gasteiger partial charge in [0.05, 0.1) is 27.5 Å². The minimum absolute atomic E-state index is 0.0801. The van der Waals surface area contributed by atoms with Crippen LogP contribution in [0.3, 0.4) is 0 Å². The van der Waals surface area contributed by atoms with Gasteiger partial charge in [-0.3, -0.25) is 4.79 Å². The predicted octanol–water partition coefficient (Wildman–Crippen LogP) is 1.31. The molecule has 0 fully saturated rings. The molecule has 1 aromatic carbocycles. The number of benzene rings is 1. The molecule has 1 aromatic heterocycles. The largest absolute Gasteiger partial charge is 0.325 e. The van der Waals surface area contributed by atoms with E-state index in [0.717, 1.165) is 15.7 Å². The van der Waals surface area contributed by atoms with E-state index in [0.29, 0.717) is 10.7 Å². The number of nitrogens with one attached hydrogen (secondary N) is 2. The Bertz CT molecular complexity index is 836. The second-order valence-corrected chi connectivity index (χ2v) is 9.46. The zero-order valence-corrected chi connectivity index (χ0v) is 16.6. The van der Waals surface area contributed by atoms with Crippen molar-refractivity contribution in [1.82, 2.24) is 4.31 Å². The van der Waals surface area contributed by atoms with Crippen LogP contribution < -0.4 is 10.2 Å². The average molecular weight is 403 g/mol. The summed E-state index contributed by atoms with van der Waals surface area (Å²) in [4.78, 5) is 14.5. The summed E-state index contributed by atoms with van der Waals surface area (Å²) in [5.41, 5.74) is 0.290. The second-order valence-electron chi connectivity index (χ2n) is 5.87. The smallest absolute Gasteiger partial charge is 0.279 e. The number of carbonyl (C=O) groups excluding carboxylic acids is 1. The SMILES string of the molecule is CN(C)S(=O)(=O)c1ccc(Cl)c(NC(=O)C[NH+](C)Cc2cccs2)c1. The molecule has 2 rings (SSSR count). The van der Waals surface area contributed by atoms with E-state index in [1.807, 2.05) is 24.6 Å². The summed E-state index contributed by atoms with van der Waals surface area (Å²) >= 11 is 7.74. The van der Waals surface area contributed by atoms with E-state index in [1.54, 1.807) is 11.3 Å². The van der Waals surface area contributed by atoms with Crippen molar-refractivity contribution in [3.63, 3.8) is 0 Å². The van der Waals surface area contributed by atoms with Crippen LogP contribution in [0, 0.1) is 0 Å². The highest BCUT2D eigenvalue weighted by atomic mass is 35.5. The van der Waals surface area contributed by atoms with E-state index in [1.165, 1.54) is 37.2 Å². The molecule has 136 valence electrons. The molecular formula is C16H21ClN3O3S2+. The summed E-state index contributed by atoms with van der Waals surface area (Å²) < 4.78 is 25.5. The number of sulfonamides is 1. The molecule has 0 aliphatic heterocycles. The Morgan fingerprint density at radius 2 is 2.04 bits per heavy atom. The van der Waals surface area contributed by atoms with Gasteiger partial charge in [0.15, 0.2) is 6.54 Å². The van der Waals surface area contributed by atoms with Gasteiger partial charge in [0.25, 0.3) is 5.91 Å². The summed E-state index contributed by atoms with van der Waals surface area (Å²) in [5.74, 6) is -0.227. The Balaban J connectivity index is 2.07. The van der Waals surface area contributed by atoms with Crippen molar-refractivity contribution in [3.8, 4) is 0 Å². The summed E-state index contributed by atoms with van der Waals surface area (Å²) in [6.07, 6.45) is 0. The zero-order valence-electron chi connectivity index (χ0n) is 14.2. The Kier molecular flexibility index (Phi) is 6.59. The molecule has 2 aromatic rings. The molecule has 25 heavy (non-hydrogen) atoms. The van der Waals surface area contributed by atoms with Crippen LogP contribution in [0.5, 0.6) is 0 Å². The van der Waals surface area contributed by atoms with Crippen LogP contribution >= 0.6 is 22.9 Å². The Labute approximate surface area is 157 Å². The highest BCUT2D eigenvalue weighted by Gasteiger charge is 2.20. The van der Waals surface area contributed by atoms with Crippen LogP contribution in [0.2, 0.25) is 5.02 Å². The summed E-state index contributed by atoms with van der Waals surface area (Å²) in [7, 11) is 1.23. The first-order chi connectivity index (χ1) is 11.7. The number of amides is 1. The Morgan fingerprint density at radius 1 is 1.32 bits per heavy atom. The van der Waals surface area contributed by atoms with Gasteiger partial charge in [-0.1, -0.05) is 17.7 Å². The quantitative estimate of drug-likeness (QED) is 0.733. The molecule has 1 unspecified atom stereocenters. The molecule has 0 aliphatic carbocycles. The van der Waals surface area contributed by atoms with Crippen LogP contribution in [-0.2, 0) is 21.4 Å². The number of nitrogens with zero attached hydrogens (tertiary/aromatic N) is 1. The van der Waals surface area contributed by atoms with Crippen LogP contribution in [0.25, 0.3) is 0 Å². The fourth-order valence-electron chi connectivity index (χ4n) is 2.21. The van der Waals surface area contributed by atoms with Crippen molar-refractivity contribution in [1.29, 1.82) is 0 Å². The monoisotopic (exact) mass is 402 g/mol. The molecule has 9 heteroatoms. The van der Waals surface area contributed by atoms with Gasteiger partial charge in [0.2, 0.25) is 10.0 Å². The third kappa shape index (κ3) is 5.26. The van der Waals surface area contributed by atoms with Gasteiger partial charge >= 0.3 is 0 Å². The summed E-state index contributed by atoms with van der Waals surface area (Å²) in [5, 5.41) is 4.99. The standard InChI is InChI=1S/C16H20ClN3O3S2/c1-19(2)25(22,23)13-6-7-14(17)15(9-13)18-16(21)11-20(3)10-12-5-4-8-24-12/h4-9H,10-11H2,1-3H3,(H,18,21)/p+1. The van der Waals surface area contributed by atoms with Crippen molar-refractivity contribution < 1.29 is 18.1 Å². The van der Waals surface area contributed by atoms with E-state index < -0.39 is 10.0 Å². The van der Waals surface area contributed by atoms with Gasteiger partial charge in [-0.25, -0.2) is 12.7 Å². The van der Waals surface area contributed by atoms with Crippen LogP contribution in [0.4, 0.5) is 5.69 Å². The lowest BCUT2D eigenvalue weighted by atomic mass is 10.3. The van der Waals surface area contributed by atoms with Crippen molar-refractivity contribution in [3.05, 3.63) is 45.6 Å². The second kappa shape index (κ2) is 8.29. The third-order valence-corrected chi connectivity index (χ3v) is 6.53. The fraction of sp³-hybridized carbons (Fsp3) is 0.312. The van der Waals surface area contributed by atoms with Crippen molar-refractivity contribution in [2.24, 2.45) is 0 Å². The van der Waals surface area contributed by atoms with E-state index in [9.17, 15) is 13.2 Å². The Morgan fingerprint density at radius 3 is 2.64 bits per heavy atom. The Hall–Kier alpha value is -1.45. The topological polar surface area (TPSA) is 70.9 Å². The molecule has 0 radical (unpaired) electrons. The maximum atomic E-state index is 12.3. The van der Waals surface area contributed by atoms with Crippen LogP contribution in [0.15, 0.2) is 40.6 Å². The molecule has 1 heterocycles. The van der Waals surface area contributed by atoms with Gasteiger partial charge in [-0.2, -0.15) is 0 Å². The molecule has 0 spiro atoms. The lowest BCUT2D eigenvalue weighted by Crippen LogP contribution is -3.08. The van der Waals surface area contributed by atoms with Crippen LogP contribution in [0.1, 0.15) is 4.88 Å². The van der Waals surface area contributed by atoms with Gasteiger partial charge in [0.1, 0.15) is 6.54 Å². The molecule has 1 atom stereocenters. The third-order valence-electron chi connectivity index (χ3n) is 3.51. The summed E-state index contributed by atoms with van der Waals surface area (Å²) in [6.45, 7) is 0.993. The van der Waals surface area contributed by atoms with Crippen molar-refractivity contribution >= 4 is 44.6 Å². The van der Waals surface area contributed by atoms with E-state index in [-0.39, 0.29) is 17.3 Å². The number of quaternary nitrogens is 1. The molecule has 0 aliphatic rings. The van der Waals surface area contributed by atoms with Crippen molar-refractivity contribution in [2.45, 2.75) is 11.4 Å². The van der Waals surface area contributed by atoms with Crippen LogP contribution in [-0.4, -0.2) is 46.3 Å². The molecule has 0 saturated heterocycles. The van der Waals surface area contributed by atoms with Gasteiger partial charge in [-0.15, -0.1) is 11.3 Å². The molecule has 6 nitrogen and oxygen atoms in total. The van der Waals surface area contributed by atoms with Gasteiger partial charge < -0.3 is 10.2 Å². The van der Waals surface area contributed by atoms with E-state index in [2.05, 4.69) is 5.32 Å². The predicted molar refractivity (Wildman–Crippen MR) is 101 cm³/mol. The highest BCUT2D eigenvalue weighted by Crippen LogP contribution is 2.26. The maximum absolute atomic E-state index is 12.3. The minimum Gasteiger partial charge on any atom is -0.325 e. The van der Waals surface area contributed by atoms with E-state index >= 15 is 0 Å². The molecule has 0 saturated carbocycles. The lowest BCUT2D eigenvalue weighted by molar-refractivity contribution is -0.884. The van der Waals surface area contributed by atoms with Gasteiger partial charge in [-0.05, 0) is 29.6 Å². The molecular weight excluding hydrogens is 382 g/mol. The first kappa shape index (κ1) is 19.9. The first-order valence-corrected chi connectivity index (χ1v) is 10.3. The maximum Gasteiger partial charge on any atom is 0.279 e. The minimum atomic E-state index is -3.59. The number of carbonyl (C=O) groups is 1. The number of rotatable bonds is 7. The number of halogens is 1. The normalized spacial score (nSPS) is 13.0. The fourth-order valence-corrected chi connectivity index (χ4v) is 4.13. The first-order valence-electron chi connectivity index (χ1n) is 7.55. The highest BCUT2D eigenvalue weighted by molar-refractivity contribution is 7.89. The lowest BCUT2D eigenvalue weighted by Gasteiger charge is -2.15. The number of hydrogen-bond donors (Lipinski definition) is 2.